The van der Waals surface area contributed by atoms with Crippen LogP contribution in [0.3, 0.4) is 0 Å². The second-order valence-corrected chi connectivity index (χ2v) is 8.56. The molecular formula is C17H26N2O8S2. The predicted molar refractivity (Wildman–Crippen MR) is 109 cm³/mol. The molecule has 1 rings (SSSR count). The van der Waals surface area contributed by atoms with Gasteiger partial charge in [-0.15, -0.1) is 11.8 Å². The zero-order valence-electron chi connectivity index (χ0n) is 16.1. The van der Waals surface area contributed by atoms with Gasteiger partial charge in [0, 0.05) is 36.4 Å². The molecule has 0 aromatic carbocycles. The number of carboxylic acid groups (broad SMARTS) is 3. The van der Waals surface area contributed by atoms with Crippen LogP contribution in [-0.2, 0) is 23.9 Å². The minimum Gasteiger partial charge on any atom is -0.481 e. The largest absolute Gasteiger partial charge is 0.481 e. The summed E-state index contributed by atoms with van der Waals surface area (Å²) in [6, 6.07) is -0.684. The molecule has 1 saturated heterocycles. The van der Waals surface area contributed by atoms with Gasteiger partial charge >= 0.3 is 23.9 Å². The Morgan fingerprint density at radius 3 is 2.00 bits per heavy atom. The molecule has 29 heavy (non-hydrogen) atoms. The molecule has 1 fully saturated rings. The summed E-state index contributed by atoms with van der Waals surface area (Å²) in [5, 5.41) is 33.0. The second kappa shape index (κ2) is 11.8. The SMILES string of the molecule is CCNC(=S)N[C@@H]1[C@H](CC(=O)O)[C@H](CC(=O)O)[C@H](COC(C)=O)S[C@H]1CC(=O)O. The van der Waals surface area contributed by atoms with Crippen molar-refractivity contribution >= 4 is 53.0 Å². The third-order valence-corrected chi connectivity index (χ3v) is 6.43. The summed E-state index contributed by atoms with van der Waals surface area (Å²) < 4.78 is 5.05. The monoisotopic (exact) mass is 450 g/mol. The molecule has 10 nitrogen and oxygen atoms in total. The minimum atomic E-state index is -1.14. The number of carbonyl (C=O) groups excluding carboxylic acids is 1. The number of thioether (sulfide) groups is 1. The van der Waals surface area contributed by atoms with E-state index in [1.165, 1.54) is 18.7 Å². The van der Waals surface area contributed by atoms with E-state index < -0.39 is 52.3 Å². The van der Waals surface area contributed by atoms with Crippen LogP contribution in [0.2, 0.25) is 0 Å². The standard InChI is InChI=1S/C17H26N2O8S2/c1-3-18-17(28)19-16-10(5-14(23)24)9(4-13(21)22)12(7-27-8(2)20)29-11(16)6-15(25)26/h9-12,16H,3-7H2,1-2H3,(H,21,22)(H,23,24)(H,25,26)(H2,18,19,28)/t9-,10+,11-,12-,16+/m0/s1. The number of hydrogen-bond donors (Lipinski definition) is 5. The van der Waals surface area contributed by atoms with E-state index in [9.17, 15) is 34.5 Å². The molecular weight excluding hydrogens is 424 g/mol. The normalized spacial score (nSPS) is 26.2. The van der Waals surface area contributed by atoms with Crippen LogP contribution >= 0.6 is 24.0 Å². The lowest BCUT2D eigenvalue weighted by Gasteiger charge is -2.46. The van der Waals surface area contributed by atoms with E-state index in [0.29, 0.717) is 6.54 Å². The number of aliphatic carboxylic acids is 3. The quantitative estimate of drug-likeness (QED) is 0.232. The van der Waals surface area contributed by atoms with Gasteiger partial charge in [0.15, 0.2) is 5.11 Å². The molecule has 1 heterocycles. The van der Waals surface area contributed by atoms with Gasteiger partial charge in [-0.3, -0.25) is 19.2 Å². The molecule has 0 aromatic heterocycles. The number of carboxylic acids is 3. The maximum atomic E-state index is 11.5. The van der Waals surface area contributed by atoms with Crippen LogP contribution in [-0.4, -0.2) is 74.0 Å². The number of hydrogen-bond acceptors (Lipinski definition) is 7. The Balaban J connectivity index is 3.31. The zero-order chi connectivity index (χ0) is 22.1. The lowest BCUT2D eigenvalue weighted by atomic mass is 9.77. The van der Waals surface area contributed by atoms with E-state index in [4.69, 9.17) is 17.0 Å². The number of rotatable bonds is 10. The van der Waals surface area contributed by atoms with Gasteiger partial charge in [0.25, 0.3) is 0 Å². The molecule has 0 saturated carbocycles. The smallest absolute Gasteiger partial charge is 0.304 e. The highest BCUT2D eigenvalue weighted by molar-refractivity contribution is 8.00. The van der Waals surface area contributed by atoms with Crippen LogP contribution in [0.5, 0.6) is 0 Å². The highest BCUT2D eigenvalue weighted by Gasteiger charge is 2.47. The number of esters is 1. The van der Waals surface area contributed by atoms with Crippen molar-refractivity contribution in [2.24, 2.45) is 11.8 Å². The number of thiocarbonyl (C=S) groups is 1. The molecule has 0 amide bonds. The summed E-state index contributed by atoms with van der Waals surface area (Å²) >= 11 is 6.38. The first-order valence-corrected chi connectivity index (χ1v) is 10.4. The summed E-state index contributed by atoms with van der Waals surface area (Å²) in [6.45, 7) is 3.40. The van der Waals surface area contributed by atoms with E-state index in [1.807, 2.05) is 6.92 Å². The molecule has 0 unspecified atom stereocenters. The predicted octanol–water partition coefficient (Wildman–Crippen LogP) is 0.543. The Kier molecular flexibility index (Phi) is 10.2. The van der Waals surface area contributed by atoms with Gasteiger partial charge < -0.3 is 30.7 Å². The lowest BCUT2D eigenvalue weighted by Crippen LogP contribution is -2.58. The lowest BCUT2D eigenvalue weighted by molar-refractivity contribution is -0.144. The minimum absolute atomic E-state index is 0.130. The van der Waals surface area contributed by atoms with Crippen LogP contribution in [0.15, 0.2) is 0 Å². The van der Waals surface area contributed by atoms with Gasteiger partial charge in [-0.25, -0.2) is 0 Å². The average molecular weight is 451 g/mol. The van der Waals surface area contributed by atoms with Crippen molar-refractivity contribution in [3.63, 3.8) is 0 Å². The van der Waals surface area contributed by atoms with Crippen molar-refractivity contribution in [3.05, 3.63) is 0 Å². The maximum absolute atomic E-state index is 11.5. The molecule has 164 valence electrons. The Morgan fingerprint density at radius 2 is 1.52 bits per heavy atom. The van der Waals surface area contributed by atoms with Crippen LogP contribution < -0.4 is 10.6 Å². The second-order valence-electron chi connectivity index (χ2n) is 6.67. The van der Waals surface area contributed by atoms with Crippen LogP contribution in [0.1, 0.15) is 33.1 Å². The van der Waals surface area contributed by atoms with Crippen molar-refractivity contribution in [2.75, 3.05) is 13.2 Å². The number of nitrogens with one attached hydrogen (secondary N) is 2. The van der Waals surface area contributed by atoms with Gasteiger partial charge in [-0.05, 0) is 31.0 Å². The Morgan fingerprint density at radius 1 is 0.966 bits per heavy atom. The highest BCUT2D eigenvalue weighted by atomic mass is 32.2. The van der Waals surface area contributed by atoms with Crippen LogP contribution in [0, 0.1) is 11.8 Å². The topological polar surface area (TPSA) is 162 Å². The summed E-state index contributed by atoms with van der Waals surface area (Å²) in [4.78, 5) is 45.6. The van der Waals surface area contributed by atoms with Crippen molar-refractivity contribution in [3.8, 4) is 0 Å². The molecule has 0 aliphatic carbocycles. The van der Waals surface area contributed by atoms with E-state index in [0.717, 1.165) is 0 Å². The summed E-state index contributed by atoms with van der Waals surface area (Å²) in [5.74, 6) is -5.30. The average Bonchev–Trinajstić information content (AvgIpc) is 2.57. The molecule has 12 heteroatoms. The zero-order valence-corrected chi connectivity index (χ0v) is 17.8. The van der Waals surface area contributed by atoms with Crippen LogP contribution in [0.25, 0.3) is 0 Å². The third-order valence-electron chi connectivity index (χ3n) is 4.52. The van der Waals surface area contributed by atoms with Gasteiger partial charge in [0.1, 0.15) is 6.61 Å². The van der Waals surface area contributed by atoms with E-state index in [-0.39, 0.29) is 31.0 Å². The van der Waals surface area contributed by atoms with Crippen molar-refractivity contribution in [1.82, 2.24) is 10.6 Å². The van der Waals surface area contributed by atoms with Crippen molar-refractivity contribution in [1.29, 1.82) is 0 Å². The summed E-state index contributed by atoms with van der Waals surface area (Å²) in [5.41, 5.74) is 0. The summed E-state index contributed by atoms with van der Waals surface area (Å²) in [7, 11) is 0. The molecule has 0 spiro atoms. The molecule has 0 bridgehead atoms. The fraction of sp³-hybridized carbons (Fsp3) is 0.706. The van der Waals surface area contributed by atoms with Crippen molar-refractivity contribution < 1.29 is 39.2 Å². The van der Waals surface area contributed by atoms with Crippen molar-refractivity contribution in [2.45, 2.75) is 49.7 Å². The van der Waals surface area contributed by atoms with E-state index in [1.54, 1.807) is 0 Å². The molecule has 1 aliphatic heterocycles. The maximum Gasteiger partial charge on any atom is 0.304 e. The van der Waals surface area contributed by atoms with E-state index >= 15 is 0 Å². The number of carbonyl (C=O) groups is 4. The van der Waals surface area contributed by atoms with Gasteiger partial charge in [-0.1, -0.05) is 0 Å². The highest BCUT2D eigenvalue weighted by Crippen LogP contribution is 2.44. The molecule has 1 aliphatic rings. The fourth-order valence-electron chi connectivity index (χ4n) is 3.46. The first-order chi connectivity index (χ1) is 13.5. The van der Waals surface area contributed by atoms with Gasteiger partial charge in [0.2, 0.25) is 0 Å². The Bertz CT molecular complexity index is 645. The Labute approximate surface area is 177 Å². The van der Waals surface area contributed by atoms with Gasteiger partial charge in [0.05, 0.1) is 12.8 Å². The molecule has 5 atom stereocenters. The molecule has 5 N–H and O–H groups in total. The molecule has 0 radical (unpaired) electrons. The number of ether oxygens (including phenoxy) is 1. The van der Waals surface area contributed by atoms with Gasteiger partial charge in [-0.2, -0.15) is 0 Å². The first-order valence-electron chi connectivity index (χ1n) is 9.03. The molecule has 0 aromatic rings. The fourth-order valence-corrected chi connectivity index (χ4v) is 5.52. The first kappa shape index (κ1) is 25.0. The third kappa shape index (κ3) is 8.44. The Hall–Kier alpha value is -2.08. The van der Waals surface area contributed by atoms with E-state index in [2.05, 4.69) is 10.6 Å². The summed E-state index contributed by atoms with van der Waals surface area (Å²) in [6.07, 6.45) is -1.01. The van der Waals surface area contributed by atoms with Crippen LogP contribution in [0.4, 0.5) is 0 Å².